The SMILES string of the molecule is C=CC1=CC(C2CC(=O)N(C)C2=O)CC2C(=O)[N]([AlH][CH3])C(=O)C12. The first-order valence-electron chi connectivity index (χ1n) is 7.90. The van der Waals surface area contributed by atoms with Gasteiger partial charge in [0.2, 0.25) is 23.6 Å². The number of fused-ring (bicyclic) bond motifs is 1. The number of hydrogen-bond donors (Lipinski definition) is 0. The van der Waals surface area contributed by atoms with Crippen LogP contribution in [0.2, 0.25) is 5.79 Å². The second kappa shape index (κ2) is 5.73. The number of allylic oxidation sites excluding steroid dienone is 2. The fourth-order valence-electron chi connectivity index (χ4n) is 4.02. The van der Waals surface area contributed by atoms with Gasteiger partial charge in [0, 0.05) is 13.5 Å². The van der Waals surface area contributed by atoms with Gasteiger partial charge >= 0.3 is 15.4 Å². The molecule has 120 valence electrons. The van der Waals surface area contributed by atoms with Gasteiger partial charge in [0.15, 0.2) is 0 Å². The topological polar surface area (TPSA) is 74.8 Å². The van der Waals surface area contributed by atoms with Crippen LogP contribution >= 0.6 is 0 Å². The summed E-state index contributed by atoms with van der Waals surface area (Å²) in [5.74, 6) is -0.193. The molecular weight excluding hydrogens is 311 g/mol. The van der Waals surface area contributed by atoms with E-state index in [2.05, 4.69) is 6.58 Å². The first kappa shape index (κ1) is 16.2. The Kier molecular flexibility index (Phi) is 4.03. The van der Waals surface area contributed by atoms with Crippen molar-refractivity contribution in [1.29, 1.82) is 0 Å². The lowest BCUT2D eigenvalue weighted by molar-refractivity contribution is -0.139. The van der Waals surface area contributed by atoms with Gasteiger partial charge in [-0.25, -0.2) is 0 Å². The Morgan fingerprint density at radius 3 is 2.39 bits per heavy atom. The Morgan fingerprint density at radius 2 is 1.87 bits per heavy atom. The zero-order chi connectivity index (χ0) is 16.9. The van der Waals surface area contributed by atoms with Crippen molar-refractivity contribution in [3.8, 4) is 0 Å². The molecule has 0 aromatic heterocycles. The smallest absolute Gasteiger partial charge is 0.381 e. The number of amides is 4. The third-order valence-corrected chi connectivity index (χ3v) is 6.55. The average Bonchev–Trinajstić information content (AvgIpc) is 2.95. The molecule has 0 aromatic rings. The maximum atomic E-state index is 12.5. The highest BCUT2D eigenvalue weighted by molar-refractivity contribution is 6.43. The van der Waals surface area contributed by atoms with Gasteiger partial charge in [0.1, 0.15) is 0 Å². The minimum Gasteiger partial charge on any atom is -0.381 e. The third-order valence-electron chi connectivity index (χ3n) is 5.29. The molecule has 0 bridgehead atoms. The molecule has 0 saturated carbocycles. The van der Waals surface area contributed by atoms with E-state index < -0.39 is 33.2 Å². The molecule has 0 aromatic carbocycles. The molecule has 3 rings (SSSR count). The Bertz CT molecular complexity index is 656. The van der Waals surface area contributed by atoms with E-state index in [-0.39, 0.29) is 36.0 Å². The Balaban J connectivity index is 1.94. The number of carbonyl (C=O) groups excluding carboxylic acids is 4. The van der Waals surface area contributed by atoms with E-state index in [9.17, 15) is 19.2 Å². The van der Waals surface area contributed by atoms with Crippen LogP contribution in [0.15, 0.2) is 24.3 Å². The zero-order valence-corrected chi connectivity index (χ0v) is 14.7. The number of imide groups is 2. The van der Waals surface area contributed by atoms with Crippen LogP contribution in [0.4, 0.5) is 0 Å². The molecule has 0 radical (unpaired) electrons. The normalized spacial score (nSPS) is 33.9. The molecule has 0 spiro atoms. The molecule has 2 fully saturated rings. The van der Waals surface area contributed by atoms with E-state index in [0.29, 0.717) is 6.42 Å². The van der Waals surface area contributed by atoms with Gasteiger partial charge in [-0.15, -0.1) is 0 Å². The van der Waals surface area contributed by atoms with Crippen LogP contribution in [0.5, 0.6) is 0 Å². The van der Waals surface area contributed by atoms with Gasteiger partial charge in [0.05, 0.1) is 17.8 Å². The summed E-state index contributed by atoms with van der Waals surface area (Å²) in [4.78, 5) is 50.2. The highest BCUT2D eigenvalue weighted by atomic mass is 27.1. The van der Waals surface area contributed by atoms with E-state index in [4.69, 9.17) is 0 Å². The van der Waals surface area contributed by atoms with E-state index in [1.54, 1.807) is 6.08 Å². The minimum atomic E-state index is -0.908. The summed E-state index contributed by atoms with van der Waals surface area (Å²) >= 11 is -0.908. The summed E-state index contributed by atoms with van der Waals surface area (Å²) in [7, 11) is 1.49. The van der Waals surface area contributed by atoms with Crippen molar-refractivity contribution >= 4 is 39.1 Å². The van der Waals surface area contributed by atoms with Crippen molar-refractivity contribution in [2.24, 2.45) is 23.7 Å². The molecule has 4 amide bonds. The monoisotopic (exact) mass is 330 g/mol. The second-order valence-corrected chi connectivity index (χ2v) is 7.64. The minimum absolute atomic E-state index is 0.114. The molecule has 4 atom stereocenters. The van der Waals surface area contributed by atoms with Crippen LogP contribution in [0.1, 0.15) is 12.8 Å². The molecule has 23 heavy (non-hydrogen) atoms. The molecule has 3 aliphatic rings. The van der Waals surface area contributed by atoms with Crippen molar-refractivity contribution < 1.29 is 19.2 Å². The number of likely N-dealkylation sites (tertiary alicyclic amines) is 1. The average molecular weight is 330 g/mol. The van der Waals surface area contributed by atoms with E-state index in [1.165, 1.54) is 10.9 Å². The van der Waals surface area contributed by atoms with Gasteiger partial charge in [-0.3, -0.25) is 24.1 Å². The van der Waals surface area contributed by atoms with Gasteiger partial charge in [0.25, 0.3) is 0 Å². The molecular formula is C16H19AlN2O4. The Morgan fingerprint density at radius 1 is 1.17 bits per heavy atom. The fourth-order valence-corrected chi connectivity index (χ4v) is 5.08. The van der Waals surface area contributed by atoms with Crippen LogP contribution in [0.25, 0.3) is 0 Å². The molecule has 4 unspecified atom stereocenters. The van der Waals surface area contributed by atoms with Crippen molar-refractivity contribution in [3.63, 3.8) is 0 Å². The van der Waals surface area contributed by atoms with E-state index in [1.807, 2.05) is 11.9 Å². The lowest BCUT2D eigenvalue weighted by Crippen LogP contribution is -2.34. The highest BCUT2D eigenvalue weighted by Gasteiger charge is 2.52. The quantitative estimate of drug-likeness (QED) is 0.544. The summed E-state index contributed by atoms with van der Waals surface area (Å²) in [5, 5.41) is 0. The molecule has 0 N–H and O–H groups in total. The van der Waals surface area contributed by atoms with Crippen LogP contribution in [-0.4, -0.2) is 54.9 Å². The van der Waals surface area contributed by atoms with Crippen molar-refractivity contribution in [3.05, 3.63) is 24.3 Å². The highest BCUT2D eigenvalue weighted by Crippen LogP contribution is 2.44. The maximum absolute atomic E-state index is 12.5. The van der Waals surface area contributed by atoms with Crippen LogP contribution < -0.4 is 0 Å². The number of nitrogens with zero attached hydrogens (tertiary/aromatic N) is 2. The lowest BCUT2D eigenvalue weighted by atomic mass is 9.71. The van der Waals surface area contributed by atoms with Gasteiger partial charge in [-0.1, -0.05) is 24.5 Å². The Hall–Kier alpha value is -1.71. The van der Waals surface area contributed by atoms with Crippen molar-refractivity contribution in [2.75, 3.05) is 7.05 Å². The molecule has 2 aliphatic heterocycles. The predicted octanol–water partition coefficient (Wildman–Crippen LogP) is 0.124. The summed E-state index contributed by atoms with van der Waals surface area (Å²) in [6, 6.07) is 0. The van der Waals surface area contributed by atoms with Crippen LogP contribution in [0.3, 0.4) is 0 Å². The van der Waals surface area contributed by atoms with Crippen molar-refractivity contribution in [2.45, 2.75) is 18.6 Å². The number of hydrogen-bond acceptors (Lipinski definition) is 4. The van der Waals surface area contributed by atoms with Crippen molar-refractivity contribution in [1.82, 2.24) is 8.78 Å². The number of rotatable bonds is 3. The third kappa shape index (κ3) is 2.30. The Labute approximate surface area is 141 Å². The van der Waals surface area contributed by atoms with E-state index in [0.717, 1.165) is 10.5 Å². The van der Waals surface area contributed by atoms with Gasteiger partial charge < -0.3 is 3.88 Å². The predicted molar refractivity (Wildman–Crippen MR) is 84.1 cm³/mol. The fraction of sp³-hybridized carbons (Fsp3) is 0.500. The zero-order valence-electron chi connectivity index (χ0n) is 13.3. The standard InChI is InChI=1S/C15H16N2O4.CH3.Al.H/c1-3-7-4-8(9-6-11(18)17(2)15(9)21)5-10-12(7)14(20)16-13(10)19;;;/h3-4,8-10,12H,1,5-6H2,2H3,(H,16,19,20);1H3;;/q;;+1;/p-1. The molecule has 2 saturated heterocycles. The molecule has 2 heterocycles. The summed E-state index contributed by atoms with van der Waals surface area (Å²) in [6.45, 7) is 3.76. The largest absolute Gasteiger partial charge is 0.400 e. The van der Waals surface area contributed by atoms with Gasteiger partial charge in [-0.2, -0.15) is 0 Å². The first-order chi connectivity index (χ1) is 10.9. The summed E-state index contributed by atoms with van der Waals surface area (Å²) < 4.78 is 1.42. The molecule has 7 heteroatoms. The summed E-state index contributed by atoms with van der Waals surface area (Å²) in [5.41, 5.74) is 0.726. The maximum Gasteiger partial charge on any atom is 0.400 e. The molecule has 6 nitrogen and oxygen atoms in total. The lowest BCUT2D eigenvalue weighted by Gasteiger charge is -2.30. The molecule has 1 aliphatic carbocycles. The first-order valence-corrected chi connectivity index (χ1v) is 9.95. The second-order valence-electron chi connectivity index (χ2n) is 6.38. The summed E-state index contributed by atoms with van der Waals surface area (Å²) in [6.07, 6.45) is 4.12. The van der Waals surface area contributed by atoms with E-state index >= 15 is 0 Å². The van der Waals surface area contributed by atoms with Gasteiger partial charge in [-0.05, 0) is 17.9 Å². The van der Waals surface area contributed by atoms with Crippen LogP contribution in [0, 0.1) is 23.7 Å². The van der Waals surface area contributed by atoms with Crippen LogP contribution in [-0.2, 0) is 19.2 Å². The number of carbonyl (C=O) groups is 4.